The standard InChI is InChI=1S/C18H22N2O/c1-2-10-19-13-16-7-4-11-20-18(16)21-17-9-8-14-5-3-6-15(14)12-17/h4,7-9,11-12,19H,2-3,5-6,10,13H2,1H3. The Bertz CT molecular complexity index is 610. The van der Waals surface area contributed by atoms with Gasteiger partial charge < -0.3 is 10.1 Å². The highest BCUT2D eigenvalue weighted by atomic mass is 16.5. The topological polar surface area (TPSA) is 34.2 Å². The highest BCUT2D eigenvalue weighted by molar-refractivity contribution is 5.40. The molecule has 3 heteroatoms. The fraction of sp³-hybridized carbons (Fsp3) is 0.389. The van der Waals surface area contributed by atoms with Gasteiger partial charge in [0, 0.05) is 18.3 Å². The molecule has 0 amide bonds. The van der Waals surface area contributed by atoms with E-state index in [1.54, 1.807) is 6.20 Å². The van der Waals surface area contributed by atoms with E-state index in [0.29, 0.717) is 5.88 Å². The number of ether oxygens (including phenoxy) is 1. The van der Waals surface area contributed by atoms with Crippen molar-refractivity contribution in [1.29, 1.82) is 0 Å². The second-order valence-corrected chi connectivity index (χ2v) is 5.53. The number of nitrogens with zero attached hydrogens (tertiary/aromatic N) is 1. The van der Waals surface area contributed by atoms with E-state index in [-0.39, 0.29) is 0 Å². The summed E-state index contributed by atoms with van der Waals surface area (Å²) in [5, 5.41) is 3.40. The second-order valence-electron chi connectivity index (χ2n) is 5.53. The fourth-order valence-electron chi connectivity index (χ4n) is 2.77. The Morgan fingerprint density at radius 1 is 1.19 bits per heavy atom. The van der Waals surface area contributed by atoms with Gasteiger partial charge in [-0.25, -0.2) is 4.98 Å². The number of pyridine rings is 1. The quantitative estimate of drug-likeness (QED) is 0.817. The molecule has 0 saturated heterocycles. The first-order valence-corrected chi connectivity index (χ1v) is 7.81. The van der Waals surface area contributed by atoms with Crippen molar-refractivity contribution in [3.63, 3.8) is 0 Å². The molecule has 0 atom stereocenters. The normalized spacial score (nSPS) is 13.2. The van der Waals surface area contributed by atoms with E-state index in [2.05, 4.69) is 41.5 Å². The van der Waals surface area contributed by atoms with Crippen LogP contribution < -0.4 is 10.1 Å². The molecule has 0 saturated carbocycles. The number of hydrogen-bond acceptors (Lipinski definition) is 3. The molecule has 0 spiro atoms. The molecule has 110 valence electrons. The van der Waals surface area contributed by atoms with E-state index >= 15 is 0 Å². The molecule has 1 heterocycles. The minimum atomic E-state index is 0.707. The minimum Gasteiger partial charge on any atom is -0.439 e. The van der Waals surface area contributed by atoms with E-state index in [1.807, 2.05) is 6.07 Å². The summed E-state index contributed by atoms with van der Waals surface area (Å²) in [6.07, 6.45) is 6.53. The average molecular weight is 282 g/mol. The molecule has 0 radical (unpaired) electrons. The van der Waals surface area contributed by atoms with Crippen molar-refractivity contribution in [2.24, 2.45) is 0 Å². The second kappa shape index (κ2) is 6.72. The van der Waals surface area contributed by atoms with E-state index in [9.17, 15) is 0 Å². The number of benzene rings is 1. The van der Waals surface area contributed by atoms with Gasteiger partial charge in [0.2, 0.25) is 5.88 Å². The predicted octanol–water partition coefficient (Wildman–Crippen LogP) is 3.86. The van der Waals surface area contributed by atoms with E-state index in [1.165, 1.54) is 30.4 Å². The summed E-state index contributed by atoms with van der Waals surface area (Å²) in [5.41, 5.74) is 3.99. The van der Waals surface area contributed by atoms with E-state index < -0.39 is 0 Å². The van der Waals surface area contributed by atoms with Crippen LogP contribution in [0.2, 0.25) is 0 Å². The van der Waals surface area contributed by atoms with Crippen molar-refractivity contribution in [3.8, 4) is 11.6 Å². The molecule has 1 aromatic carbocycles. The highest BCUT2D eigenvalue weighted by Crippen LogP contribution is 2.29. The lowest BCUT2D eigenvalue weighted by Crippen LogP contribution is -2.14. The van der Waals surface area contributed by atoms with Gasteiger partial charge in [-0.1, -0.05) is 19.1 Å². The van der Waals surface area contributed by atoms with Gasteiger partial charge in [0.25, 0.3) is 0 Å². The van der Waals surface area contributed by atoms with Crippen molar-refractivity contribution in [1.82, 2.24) is 10.3 Å². The van der Waals surface area contributed by atoms with Crippen molar-refractivity contribution < 1.29 is 4.74 Å². The van der Waals surface area contributed by atoms with E-state index in [4.69, 9.17) is 4.74 Å². The van der Waals surface area contributed by atoms with E-state index in [0.717, 1.165) is 30.8 Å². The zero-order valence-electron chi connectivity index (χ0n) is 12.6. The molecule has 1 aliphatic carbocycles. The molecule has 1 N–H and O–H groups in total. The Hall–Kier alpha value is -1.87. The van der Waals surface area contributed by atoms with Crippen molar-refractivity contribution in [2.75, 3.05) is 6.54 Å². The first-order valence-electron chi connectivity index (χ1n) is 7.81. The van der Waals surface area contributed by atoms with Gasteiger partial charge in [-0.15, -0.1) is 0 Å². The lowest BCUT2D eigenvalue weighted by atomic mass is 10.1. The molecule has 0 bridgehead atoms. The van der Waals surface area contributed by atoms with Gasteiger partial charge in [0.15, 0.2) is 0 Å². The van der Waals surface area contributed by atoms with Crippen LogP contribution in [0, 0.1) is 0 Å². The average Bonchev–Trinajstić information content (AvgIpc) is 2.97. The smallest absolute Gasteiger partial charge is 0.223 e. The predicted molar refractivity (Wildman–Crippen MR) is 84.8 cm³/mol. The number of hydrogen-bond donors (Lipinski definition) is 1. The number of rotatable bonds is 6. The van der Waals surface area contributed by atoms with Crippen molar-refractivity contribution in [3.05, 3.63) is 53.2 Å². The lowest BCUT2D eigenvalue weighted by Gasteiger charge is -2.11. The summed E-state index contributed by atoms with van der Waals surface area (Å²) in [6.45, 7) is 3.97. The maximum absolute atomic E-state index is 6.01. The fourth-order valence-corrected chi connectivity index (χ4v) is 2.77. The van der Waals surface area contributed by atoms with Gasteiger partial charge in [0.1, 0.15) is 5.75 Å². The molecule has 0 aliphatic heterocycles. The zero-order valence-corrected chi connectivity index (χ0v) is 12.6. The Balaban J connectivity index is 1.75. The third-order valence-electron chi connectivity index (χ3n) is 3.88. The van der Waals surface area contributed by atoms with Crippen LogP contribution in [0.1, 0.15) is 36.5 Å². The molecular weight excluding hydrogens is 260 g/mol. The Morgan fingerprint density at radius 2 is 2.10 bits per heavy atom. The SMILES string of the molecule is CCCNCc1cccnc1Oc1ccc2c(c1)CCC2. The highest BCUT2D eigenvalue weighted by Gasteiger charge is 2.12. The molecule has 3 rings (SSSR count). The monoisotopic (exact) mass is 282 g/mol. The number of aromatic nitrogens is 1. The third kappa shape index (κ3) is 3.42. The largest absolute Gasteiger partial charge is 0.439 e. The first-order chi connectivity index (χ1) is 10.4. The van der Waals surface area contributed by atoms with Crippen LogP contribution in [-0.4, -0.2) is 11.5 Å². The van der Waals surface area contributed by atoms with Crippen LogP contribution in [0.3, 0.4) is 0 Å². The Labute approximate surface area is 126 Å². The molecule has 0 fully saturated rings. The Kier molecular flexibility index (Phi) is 4.51. The summed E-state index contributed by atoms with van der Waals surface area (Å²) >= 11 is 0. The minimum absolute atomic E-state index is 0.707. The number of fused-ring (bicyclic) bond motifs is 1. The van der Waals surface area contributed by atoms with Crippen molar-refractivity contribution in [2.45, 2.75) is 39.2 Å². The summed E-state index contributed by atoms with van der Waals surface area (Å²) in [4.78, 5) is 4.38. The third-order valence-corrected chi connectivity index (χ3v) is 3.88. The van der Waals surface area contributed by atoms with Gasteiger partial charge >= 0.3 is 0 Å². The maximum atomic E-state index is 6.01. The molecule has 1 aromatic heterocycles. The molecule has 3 nitrogen and oxygen atoms in total. The van der Waals surface area contributed by atoms with Crippen LogP contribution in [0.4, 0.5) is 0 Å². The molecule has 2 aromatic rings. The van der Waals surface area contributed by atoms with Gasteiger partial charge in [-0.05, 0) is 61.6 Å². The van der Waals surface area contributed by atoms with Gasteiger partial charge in [-0.2, -0.15) is 0 Å². The first kappa shape index (κ1) is 14.1. The Morgan fingerprint density at radius 3 is 3.00 bits per heavy atom. The van der Waals surface area contributed by atoms with Crippen molar-refractivity contribution >= 4 is 0 Å². The maximum Gasteiger partial charge on any atom is 0.223 e. The number of nitrogens with one attached hydrogen (secondary N) is 1. The molecular formula is C18H22N2O. The summed E-state index contributed by atoms with van der Waals surface area (Å²) in [7, 11) is 0. The lowest BCUT2D eigenvalue weighted by molar-refractivity contribution is 0.452. The molecule has 21 heavy (non-hydrogen) atoms. The van der Waals surface area contributed by atoms with Gasteiger partial charge in [0.05, 0.1) is 0 Å². The summed E-state index contributed by atoms with van der Waals surface area (Å²) in [6, 6.07) is 10.4. The van der Waals surface area contributed by atoms with Crippen LogP contribution in [0.25, 0.3) is 0 Å². The van der Waals surface area contributed by atoms with Crippen LogP contribution >= 0.6 is 0 Å². The van der Waals surface area contributed by atoms with Gasteiger partial charge in [-0.3, -0.25) is 0 Å². The van der Waals surface area contributed by atoms with Crippen LogP contribution in [0.5, 0.6) is 11.6 Å². The zero-order chi connectivity index (χ0) is 14.5. The summed E-state index contributed by atoms with van der Waals surface area (Å²) in [5.74, 6) is 1.60. The van der Waals surface area contributed by atoms with Crippen LogP contribution in [-0.2, 0) is 19.4 Å². The van der Waals surface area contributed by atoms with Crippen LogP contribution in [0.15, 0.2) is 36.5 Å². The molecule has 1 aliphatic rings. The molecule has 0 unspecified atom stereocenters. The number of aryl methyl sites for hydroxylation is 2. The summed E-state index contributed by atoms with van der Waals surface area (Å²) < 4.78 is 6.01.